The molecule has 0 aliphatic rings. The van der Waals surface area contributed by atoms with Crippen LogP contribution in [0.5, 0.6) is 0 Å². The fourth-order valence-electron chi connectivity index (χ4n) is 3.08. The quantitative estimate of drug-likeness (QED) is 0.421. The molecule has 0 unspecified atom stereocenters. The van der Waals surface area contributed by atoms with Crippen molar-refractivity contribution in [2.45, 2.75) is 77.6 Å². The van der Waals surface area contributed by atoms with Gasteiger partial charge in [-0.25, -0.2) is 4.79 Å². The van der Waals surface area contributed by atoms with Gasteiger partial charge in [0.1, 0.15) is 0 Å². The van der Waals surface area contributed by atoms with Gasteiger partial charge in [0, 0.05) is 26.3 Å². The van der Waals surface area contributed by atoms with Gasteiger partial charge >= 0.3 is 6.03 Å². The van der Waals surface area contributed by atoms with Crippen LogP contribution < -0.4 is 10.6 Å². The topological polar surface area (TPSA) is 61.4 Å². The first-order valence-electron chi connectivity index (χ1n) is 10.9. The molecule has 5 nitrogen and oxygen atoms in total. The van der Waals surface area contributed by atoms with Gasteiger partial charge in [-0.1, -0.05) is 76.8 Å². The summed E-state index contributed by atoms with van der Waals surface area (Å²) in [6.45, 7) is 2.99. The summed E-state index contributed by atoms with van der Waals surface area (Å²) in [4.78, 5) is 25.3. The molecular weight excluding hydrogens is 350 g/mol. The van der Waals surface area contributed by atoms with Crippen LogP contribution in [0.4, 0.5) is 10.5 Å². The molecule has 5 heteroatoms. The zero-order valence-electron chi connectivity index (χ0n) is 18.1. The molecule has 158 valence electrons. The molecule has 1 rings (SSSR count). The molecule has 0 radical (unpaired) electrons. The highest BCUT2D eigenvalue weighted by molar-refractivity contribution is 5.89. The van der Waals surface area contributed by atoms with Gasteiger partial charge in [-0.15, -0.1) is 0 Å². The number of hydrogen-bond donors (Lipinski definition) is 2. The summed E-state index contributed by atoms with van der Waals surface area (Å²) in [6.07, 6.45) is 13.3. The van der Waals surface area contributed by atoms with E-state index in [1.165, 1.54) is 62.7 Å². The number of hydrogen-bond acceptors (Lipinski definition) is 2. The molecule has 3 amide bonds. The molecule has 0 bridgehead atoms. The summed E-state index contributed by atoms with van der Waals surface area (Å²) in [5.41, 5.74) is 1.61. The van der Waals surface area contributed by atoms with Crippen molar-refractivity contribution in [3.63, 3.8) is 0 Å². The first kappa shape index (κ1) is 24.0. The summed E-state index contributed by atoms with van der Waals surface area (Å²) in [6, 6.07) is 7.26. The zero-order valence-corrected chi connectivity index (χ0v) is 18.1. The van der Waals surface area contributed by atoms with Crippen molar-refractivity contribution < 1.29 is 9.59 Å². The molecule has 0 aromatic heterocycles. The summed E-state index contributed by atoms with van der Waals surface area (Å²) in [7, 11) is 3.39. The van der Waals surface area contributed by atoms with Crippen LogP contribution in [-0.2, 0) is 11.2 Å². The van der Waals surface area contributed by atoms with Crippen molar-refractivity contribution in [3.8, 4) is 0 Å². The number of amides is 3. The van der Waals surface area contributed by atoms with E-state index in [0.717, 1.165) is 18.5 Å². The van der Waals surface area contributed by atoms with E-state index in [1.54, 1.807) is 14.1 Å². The Balaban J connectivity index is 2.11. The normalized spacial score (nSPS) is 10.5. The van der Waals surface area contributed by atoms with Crippen LogP contribution in [0, 0.1) is 0 Å². The van der Waals surface area contributed by atoms with Gasteiger partial charge in [0.05, 0.1) is 6.42 Å². The smallest absolute Gasteiger partial charge is 0.321 e. The minimum atomic E-state index is -0.178. The lowest BCUT2D eigenvalue weighted by Crippen LogP contribution is -2.27. The Morgan fingerprint density at radius 3 is 2.11 bits per heavy atom. The van der Waals surface area contributed by atoms with Gasteiger partial charge < -0.3 is 15.5 Å². The summed E-state index contributed by atoms with van der Waals surface area (Å²) in [5.74, 6) is 0.0343. The maximum atomic E-state index is 12.1. The van der Waals surface area contributed by atoms with Gasteiger partial charge in [0.25, 0.3) is 0 Å². The SMILES string of the molecule is CCCCCCCCCCCCNC(=O)Cc1cccc(NC(=O)N(C)C)c1. The Bertz CT molecular complexity index is 573. The van der Waals surface area contributed by atoms with Crippen LogP contribution in [0.15, 0.2) is 24.3 Å². The standard InChI is InChI=1S/C23H39N3O2/c1-4-5-6-7-8-9-10-11-12-13-17-24-22(27)19-20-15-14-16-21(18-20)25-23(28)26(2)3/h14-16,18H,4-13,17,19H2,1-3H3,(H,24,27)(H,25,28). The van der Waals surface area contributed by atoms with Crippen molar-refractivity contribution in [2.24, 2.45) is 0 Å². The Morgan fingerprint density at radius 2 is 1.50 bits per heavy atom. The van der Waals surface area contributed by atoms with Crippen LogP contribution in [0.1, 0.15) is 76.7 Å². The Morgan fingerprint density at radius 1 is 0.893 bits per heavy atom. The van der Waals surface area contributed by atoms with E-state index in [2.05, 4.69) is 17.6 Å². The zero-order chi connectivity index (χ0) is 20.6. The van der Waals surface area contributed by atoms with Crippen molar-refractivity contribution in [3.05, 3.63) is 29.8 Å². The third-order valence-corrected chi connectivity index (χ3v) is 4.80. The van der Waals surface area contributed by atoms with E-state index in [-0.39, 0.29) is 11.9 Å². The van der Waals surface area contributed by atoms with E-state index < -0.39 is 0 Å². The fraction of sp³-hybridized carbons (Fsp3) is 0.652. The molecule has 1 aromatic carbocycles. The van der Waals surface area contributed by atoms with Crippen LogP contribution in [0.2, 0.25) is 0 Å². The van der Waals surface area contributed by atoms with E-state index in [9.17, 15) is 9.59 Å². The lowest BCUT2D eigenvalue weighted by atomic mass is 10.1. The maximum absolute atomic E-state index is 12.1. The average molecular weight is 390 g/mol. The number of nitrogens with one attached hydrogen (secondary N) is 2. The minimum Gasteiger partial charge on any atom is -0.356 e. The number of unbranched alkanes of at least 4 members (excludes halogenated alkanes) is 9. The Kier molecular flexibility index (Phi) is 12.8. The van der Waals surface area contributed by atoms with Crippen molar-refractivity contribution in [2.75, 3.05) is 26.0 Å². The van der Waals surface area contributed by atoms with Gasteiger partial charge in [-0.05, 0) is 24.1 Å². The number of rotatable bonds is 14. The number of benzene rings is 1. The van der Waals surface area contributed by atoms with E-state index >= 15 is 0 Å². The number of anilines is 1. The maximum Gasteiger partial charge on any atom is 0.321 e. The number of nitrogens with zero attached hydrogens (tertiary/aromatic N) is 1. The second-order valence-electron chi connectivity index (χ2n) is 7.73. The van der Waals surface area contributed by atoms with Gasteiger partial charge in [0.2, 0.25) is 5.91 Å². The molecule has 1 aromatic rings. The molecule has 0 aliphatic carbocycles. The summed E-state index contributed by atoms with van der Waals surface area (Å²) >= 11 is 0. The number of carbonyl (C=O) groups excluding carboxylic acids is 2. The Hall–Kier alpha value is -2.04. The average Bonchev–Trinajstić information content (AvgIpc) is 2.66. The molecule has 0 saturated carbocycles. The van der Waals surface area contributed by atoms with E-state index in [1.807, 2.05) is 24.3 Å². The molecule has 2 N–H and O–H groups in total. The highest BCUT2D eigenvalue weighted by Gasteiger charge is 2.07. The summed E-state index contributed by atoms with van der Waals surface area (Å²) < 4.78 is 0. The van der Waals surface area contributed by atoms with Crippen LogP contribution in [0.25, 0.3) is 0 Å². The predicted molar refractivity (Wildman–Crippen MR) is 118 cm³/mol. The first-order valence-corrected chi connectivity index (χ1v) is 10.9. The minimum absolute atomic E-state index is 0.0343. The molecule has 0 atom stereocenters. The Labute approximate surface area is 171 Å². The third-order valence-electron chi connectivity index (χ3n) is 4.80. The highest BCUT2D eigenvalue weighted by atomic mass is 16.2. The van der Waals surface area contributed by atoms with Crippen LogP contribution in [0.3, 0.4) is 0 Å². The van der Waals surface area contributed by atoms with Gasteiger partial charge in [-0.3, -0.25) is 4.79 Å². The van der Waals surface area contributed by atoms with Crippen molar-refractivity contribution in [1.29, 1.82) is 0 Å². The second kappa shape index (κ2) is 14.9. The predicted octanol–water partition coefficient (Wildman–Crippen LogP) is 5.36. The van der Waals surface area contributed by atoms with Crippen LogP contribution >= 0.6 is 0 Å². The molecule has 0 fully saturated rings. The molecule has 28 heavy (non-hydrogen) atoms. The van der Waals surface area contributed by atoms with Gasteiger partial charge in [0.15, 0.2) is 0 Å². The van der Waals surface area contributed by atoms with Gasteiger partial charge in [-0.2, -0.15) is 0 Å². The molecule has 0 saturated heterocycles. The van der Waals surface area contributed by atoms with Crippen molar-refractivity contribution in [1.82, 2.24) is 10.2 Å². The van der Waals surface area contributed by atoms with Crippen molar-refractivity contribution >= 4 is 17.6 Å². The molecule has 0 spiro atoms. The van der Waals surface area contributed by atoms with E-state index in [0.29, 0.717) is 12.1 Å². The number of carbonyl (C=O) groups is 2. The van der Waals surface area contributed by atoms with Crippen LogP contribution in [-0.4, -0.2) is 37.5 Å². The fourth-order valence-corrected chi connectivity index (χ4v) is 3.08. The monoisotopic (exact) mass is 389 g/mol. The number of urea groups is 1. The van der Waals surface area contributed by atoms with E-state index in [4.69, 9.17) is 0 Å². The lowest BCUT2D eigenvalue weighted by molar-refractivity contribution is -0.120. The first-order chi connectivity index (χ1) is 13.5. The summed E-state index contributed by atoms with van der Waals surface area (Å²) in [5, 5.41) is 5.80. The highest BCUT2D eigenvalue weighted by Crippen LogP contribution is 2.12. The largest absolute Gasteiger partial charge is 0.356 e. The molecular formula is C23H39N3O2. The third kappa shape index (κ3) is 11.6. The molecule has 0 heterocycles. The lowest BCUT2D eigenvalue weighted by Gasteiger charge is -2.12. The second-order valence-corrected chi connectivity index (χ2v) is 7.73. The molecule has 0 aliphatic heterocycles.